The summed E-state index contributed by atoms with van der Waals surface area (Å²) in [7, 11) is 1.79. The summed E-state index contributed by atoms with van der Waals surface area (Å²) in [5.74, 6) is 0. The Morgan fingerprint density at radius 3 is 2.93 bits per heavy atom. The molecule has 0 aromatic carbocycles. The van der Waals surface area contributed by atoms with Crippen LogP contribution in [-0.2, 0) is 11.3 Å². The van der Waals surface area contributed by atoms with Gasteiger partial charge in [-0.05, 0) is 40.9 Å². The molecule has 0 atom stereocenters. The molecule has 1 aromatic heterocycles. The Balaban J connectivity index is 1.69. The monoisotopic (exact) mass is 275 g/mol. The van der Waals surface area contributed by atoms with Crippen molar-refractivity contribution in [3.8, 4) is 0 Å². The molecule has 1 saturated carbocycles. The van der Waals surface area contributed by atoms with Crippen molar-refractivity contribution in [2.75, 3.05) is 7.11 Å². The first kappa shape index (κ1) is 10.6. The van der Waals surface area contributed by atoms with Crippen LogP contribution < -0.4 is 5.32 Å². The van der Waals surface area contributed by atoms with E-state index in [4.69, 9.17) is 4.74 Å². The summed E-state index contributed by atoms with van der Waals surface area (Å²) in [5.41, 5.74) is 0. The third-order valence-corrected chi connectivity index (χ3v) is 4.25. The number of hydrogen-bond donors (Lipinski definition) is 1. The zero-order valence-corrected chi connectivity index (χ0v) is 10.5. The highest BCUT2D eigenvalue weighted by molar-refractivity contribution is 9.11. The number of rotatable bonds is 4. The minimum absolute atomic E-state index is 0.488. The van der Waals surface area contributed by atoms with Crippen molar-refractivity contribution in [3.63, 3.8) is 0 Å². The van der Waals surface area contributed by atoms with Gasteiger partial charge in [0.25, 0.3) is 0 Å². The second-order valence-electron chi connectivity index (χ2n) is 3.61. The first-order valence-corrected chi connectivity index (χ1v) is 6.39. The summed E-state index contributed by atoms with van der Waals surface area (Å²) >= 11 is 5.26. The van der Waals surface area contributed by atoms with Crippen molar-refractivity contribution in [2.24, 2.45) is 0 Å². The molecule has 1 N–H and O–H groups in total. The molecule has 0 aliphatic heterocycles. The van der Waals surface area contributed by atoms with Crippen LogP contribution in [0.1, 0.15) is 17.7 Å². The van der Waals surface area contributed by atoms with Gasteiger partial charge < -0.3 is 10.1 Å². The van der Waals surface area contributed by atoms with Crippen molar-refractivity contribution >= 4 is 27.3 Å². The number of ether oxygens (including phenoxy) is 1. The van der Waals surface area contributed by atoms with Gasteiger partial charge in [0.05, 0.1) is 9.89 Å². The zero-order valence-electron chi connectivity index (χ0n) is 8.13. The molecule has 0 unspecified atom stereocenters. The Morgan fingerprint density at radius 1 is 1.57 bits per heavy atom. The Morgan fingerprint density at radius 2 is 2.36 bits per heavy atom. The molecule has 1 aliphatic rings. The average Bonchev–Trinajstić information content (AvgIpc) is 2.49. The van der Waals surface area contributed by atoms with E-state index in [9.17, 15) is 0 Å². The summed E-state index contributed by atoms with van der Waals surface area (Å²) in [6.07, 6.45) is 2.80. The Bertz CT molecular complexity index is 296. The fraction of sp³-hybridized carbons (Fsp3) is 0.600. The average molecular weight is 276 g/mol. The highest BCUT2D eigenvalue weighted by Gasteiger charge is 2.28. The summed E-state index contributed by atoms with van der Waals surface area (Å²) < 4.78 is 6.43. The van der Waals surface area contributed by atoms with Crippen molar-refractivity contribution < 1.29 is 4.74 Å². The number of hydrogen-bond acceptors (Lipinski definition) is 3. The van der Waals surface area contributed by atoms with E-state index in [0.29, 0.717) is 12.1 Å². The topological polar surface area (TPSA) is 21.3 Å². The molecule has 1 heterocycles. The quantitative estimate of drug-likeness (QED) is 0.913. The highest BCUT2D eigenvalue weighted by Crippen LogP contribution is 2.25. The van der Waals surface area contributed by atoms with E-state index in [-0.39, 0.29) is 0 Å². The first-order chi connectivity index (χ1) is 6.78. The van der Waals surface area contributed by atoms with Gasteiger partial charge in [-0.3, -0.25) is 0 Å². The van der Waals surface area contributed by atoms with E-state index in [0.717, 1.165) is 19.4 Å². The van der Waals surface area contributed by atoms with Gasteiger partial charge in [0.1, 0.15) is 0 Å². The van der Waals surface area contributed by atoms with E-state index >= 15 is 0 Å². The maximum absolute atomic E-state index is 5.23. The van der Waals surface area contributed by atoms with Gasteiger partial charge in [-0.1, -0.05) is 0 Å². The lowest BCUT2D eigenvalue weighted by atomic mass is 9.89. The molecule has 0 radical (unpaired) electrons. The summed E-state index contributed by atoms with van der Waals surface area (Å²) in [6.45, 7) is 0.983. The van der Waals surface area contributed by atoms with Crippen molar-refractivity contribution in [1.29, 1.82) is 0 Å². The number of methoxy groups -OCH3 is 1. The van der Waals surface area contributed by atoms with Gasteiger partial charge in [0.2, 0.25) is 0 Å². The molecule has 1 fully saturated rings. The van der Waals surface area contributed by atoms with Crippen molar-refractivity contribution in [3.05, 3.63) is 20.8 Å². The van der Waals surface area contributed by atoms with Gasteiger partial charge in [-0.2, -0.15) is 0 Å². The molecule has 0 saturated heterocycles. The molecule has 4 heteroatoms. The van der Waals surface area contributed by atoms with E-state index in [1.165, 1.54) is 8.66 Å². The molecule has 14 heavy (non-hydrogen) atoms. The molecule has 0 amide bonds. The molecule has 1 aliphatic carbocycles. The molecule has 0 bridgehead atoms. The zero-order chi connectivity index (χ0) is 9.97. The van der Waals surface area contributed by atoms with E-state index < -0.39 is 0 Å². The minimum atomic E-state index is 0.488. The first-order valence-electron chi connectivity index (χ1n) is 4.78. The largest absolute Gasteiger partial charge is 0.381 e. The van der Waals surface area contributed by atoms with E-state index in [1.807, 2.05) is 0 Å². The maximum Gasteiger partial charge on any atom is 0.0701 e. The second-order valence-corrected chi connectivity index (χ2v) is 6.16. The van der Waals surface area contributed by atoms with Gasteiger partial charge in [-0.25, -0.2) is 0 Å². The van der Waals surface area contributed by atoms with Gasteiger partial charge >= 0.3 is 0 Å². The molecular weight excluding hydrogens is 262 g/mol. The van der Waals surface area contributed by atoms with Crippen LogP contribution in [0.15, 0.2) is 15.9 Å². The van der Waals surface area contributed by atoms with Crippen molar-refractivity contribution in [1.82, 2.24) is 5.32 Å². The summed E-state index contributed by atoms with van der Waals surface area (Å²) in [6, 6.07) is 4.91. The lowest BCUT2D eigenvalue weighted by molar-refractivity contribution is 0.0170. The molecule has 2 nitrogen and oxygen atoms in total. The summed E-state index contributed by atoms with van der Waals surface area (Å²) in [5, 5.41) is 3.52. The van der Waals surface area contributed by atoms with E-state index in [1.54, 1.807) is 18.4 Å². The van der Waals surface area contributed by atoms with Crippen LogP contribution in [0, 0.1) is 0 Å². The molecule has 1 aromatic rings. The lowest BCUT2D eigenvalue weighted by Gasteiger charge is -2.34. The molecule has 2 rings (SSSR count). The van der Waals surface area contributed by atoms with Gasteiger partial charge in [0, 0.05) is 24.6 Å². The predicted octanol–water partition coefficient (Wildman–Crippen LogP) is 2.78. The van der Waals surface area contributed by atoms with Gasteiger partial charge in [0.15, 0.2) is 0 Å². The maximum atomic E-state index is 5.23. The number of thiophene rings is 1. The van der Waals surface area contributed by atoms with Crippen LogP contribution in [0.25, 0.3) is 0 Å². The predicted molar refractivity (Wildman–Crippen MR) is 62.7 cm³/mol. The van der Waals surface area contributed by atoms with Crippen LogP contribution >= 0.6 is 27.3 Å². The second kappa shape index (κ2) is 4.75. The SMILES string of the molecule is COC1CC(NCc2ccc(Br)s2)C1. The van der Waals surface area contributed by atoms with Gasteiger partial charge in [-0.15, -0.1) is 11.3 Å². The van der Waals surface area contributed by atoms with E-state index in [2.05, 4.69) is 33.4 Å². The Hall–Kier alpha value is 0.1000. The Labute approximate surface area is 96.8 Å². The van der Waals surface area contributed by atoms with Crippen molar-refractivity contribution in [2.45, 2.75) is 31.5 Å². The third-order valence-electron chi connectivity index (χ3n) is 2.62. The minimum Gasteiger partial charge on any atom is -0.381 e. The van der Waals surface area contributed by atoms with Crippen LogP contribution in [0.2, 0.25) is 0 Å². The van der Waals surface area contributed by atoms with Crippen LogP contribution in [0.5, 0.6) is 0 Å². The molecular formula is C10H14BrNOS. The molecule has 78 valence electrons. The van der Waals surface area contributed by atoms with Crippen LogP contribution in [-0.4, -0.2) is 19.3 Å². The molecule has 0 spiro atoms. The highest BCUT2D eigenvalue weighted by atomic mass is 79.9. The standard InChI is InChI=1S/C10H14BrNOS/c1-13-8-4-7(5-8)12-6-9-2-3-10(11)14-9/h2-3,7-8,12H,4-6H2,1H3. The fourth-order valence-electron chi connectivity index (χ4n) is 1.62. The Kier molecular flexibility index (Phi) is 3.60. The lowest BCUT2D eigenvalue weighted by Crippen LogP contribution is -2.44. The number of nitrogens with one attached hydrogen (secondary N) is 1. The number of halogens is 1. The van der Waals surface area contributed by atoms with Crippen LogP contribution in [0.4, 0.5) is 0 Å². The fourth-order valence-corrected chi connectivity index (χ4v) is 3.05. The smallest absolute Gasteiger partial charge is 0.0701 e. The summed E-state index contributed by atoms with van der Waals surface area (Å²) in [4.78, 5) is 1.39. The van der Waals surface area contributed by atoms with Crippen LogP contribution in [0.3, 0.4) is 0 Å². The third kappa shape index (κ3) is 2.57. The normalized spacial score (nSPS) is 26.1.